The van der Waals surface area contributed by atoms with Gasteiger partial charge in [0.15, 0.2) is 0 Å². The standard InChI is InChI=1S/C15H15NOS/c1-10(17)11-7-8-13-15(9-11)18-14-6-4-3-5-12(14)16(13)2/h3-10,17H,1-2H3/t10-/m1/s1. The summed E-state index contributed by atoms with van der Waals surface area (Å²) in [6.45, 7) is 1.80. The van der Waals surface area contributed by atoms with Crippen molar-refractivity contribution in [1.82, 2.24) is 0 Å². The summed E-state index contributed by atoms with van der Waals surface area (Å²) in [6, 6.07) is 14.5. The van der Waals surface area contributed by atoms with Crippen LogP contribution in [0, 0.1) is 0 Å². The summed E-state index contributed by atoms with van der Waals surface area (Å²) in [5.41, 5.74) is 3.40. The lowest BCUT2D eigenvalue weighted by atomic mass is 10.1. The van der Waals surface area contributed by atoms with Crippen LogP contribution in [0.25, 0.3) is 0 Å². The number of hydrogen-bond acceptors (Lipinski definition) is 3. The Bertz CT molecular complexity index is 595. The second-order valence-corrected chi connectivity index (χ2v) is 5.62. The van der Waals surface area contributed by atoms with Gasteiger partial charge in [-0.3, -0.25) is 0 Å². The molecule has 0 spiro atoms. The summed E-state index contributed by atoms with van der Waals surface area (Å²) in [6.07, 6.45) is -0.418. The molecule has 18 heavy (non-hydrogen) atoms. The highest BCUT2D eigenvalue weighted by atomic mass is 32.2. The number of aliphatic hydroxyl groups is 1. The van der Waals surface area contributed by atoms with Crippen LogP contribution in [0.1, 0.15) is 18.6 Å². The number of para-hydroxylation sites is 1. The highest BCUT2D eigenvalue weighted by Gasteiger charge is 2.20. The third-order valence-electron chi connectivity index (χ3n) is 3.27. The van der Waals surface area contributed by atoms with Crippen LogP contribution in [0.3, 0.4) is 0 Å². The van der Waals surface area contributed by atoms with E-state index in [9.17, 15) is 5.11 Å². The van der Waals surface area contributed by atoms with Crippen LogP contribution in [-0.4, -0.2) is 12.2 Å². The first-order chi connectivity index (χ1) is 8.66. The molecule has 0 bridgehead atoms. The second-order valence-electron chi connectivity index (χ2n) is 4.53. The predicted molar refractivity (Wildman–Crippen MR) is 75.7 cm³/mol. The zero-order chi connectivity index (χ0) is 12.7. The molecule has 2 nitrogen and oxygen atoms in total. The average Bonchev–Trinajstić information content (AvgIpc) is 2.38. The van der Waals surface area contributed by atoms with Gasteiger partial charge in [0.2, 0.25) is 0 Å². The van der Waals surface area contributed by atoms with Gasteiger partial charge in [-0.25, -0.2) is 0 Å². The van der Waals surface area contributed by atoms with Crippen LogP contribution >= 0.6 is 11.8 Å². The van der Waals surface area contributed by atoms with Crippen molar-refractivity contribution in [2.75, 3.05) is 11.9 Å². The minimum absolute atomic E-state index is 0.418. The van der Waals surface area contributed by atoms with Gasteiger partial charge in [-0.2, -0.15) is 0 Å². The summed E-state index contributed by atoms with van der Waals surface area (Å²) >= 11 is 1.77. The molecule has 1 aliphatic rings. The van der Waals surface area contributed by atoms with Crippen LogP contribution in [0.5, 0.6) is 0 Å². The Labute approximate surface area is 111 Å². The lowest BCUT2D eigenvalue weighted by Crippen LogP contribution is -2.14. The number of fused-ring (bicyclic) bond motifs is 2. The molecule has 1 N–H and O–H groups in total. The third-order valence-corrected chi connectivity index (χ3v) is 4.39. The molecule has 0 saturated carbocycles. The maximum Gasteiger partial charge on any atom is 0.0762 e. The topological polar surface area (TPSA) is 23.5 Å². The van der Waals surface area contributed by atoms with Crippen LogP contribution in [0.4, 0.5) is 11.4 Å². The molecule has 0 unspecified atom stereocenters. The van der Waals surface area contributed by atoms with Crippen LogP contribution in [0.2, 0.25) is 0 Å². The van der Waals surface area contributed by atoms with E-state index >= 15 is 0 Å². The van der Waals surface area contributed by atoms with Crippen molar-refractivity contribution in [3.8, 4) is 0 Å². The quantitative estimate of drug-likeness (QED) is 0.836. The van der Waals surface area contributed by atoms with Gasteiger partial charge in [-0.1, -0.05) is 30.0 Å². The van der Waals surface area contributed by atoms with E-state index in [2.05, 4.69) is 48.3 Å². The van der Waals surface area contributed by atoms with Gasteiger partial charge >= 0.3 is 0 Å². The Morgan fingerprint density at radius 2 is 1.78 bits per heavy atom. The second kappa shape index (κ2) is 4.34. The largest absolute Gasteiger partial charge is 0.389 e. The van der Waals surface area contributed by atoms with E-state index in [1.54, 1.807) is 18.7 Å². The van der Waals surface area contributed by atoms with Gasteiger partial charge in [0.25, 0.3) is 0 Å². The maximum atomic E-state index is 9.66. The maximum absolute atomic E-state index is 9.66. The Kier molecular flexibility index (Phi) is 2.80. The van der Waals surface area contributed by atoms with Crippen LogP contribution in [0.15, 0.2) is 52.3 Å². The van der Waals surface area contributed by atoms with E-state index in [1.807, 2.05) is 6.07 Å². The summed E-state index contributed by atoms with van der Waals surface area (Å²) in [5, 5.41) is 9.66. The predicted octanol–water partition coefficient (Wildman–Crippen LogP) is 3.97. The van der Waals surface area contributed by atoms with Gasteiger partial charge in [-0.05, 0) is 36.8 Å². The molecular formula is C15H15NOS. The molecule has 1 aliphatic heterocycles. The van der Waals surface area contributed by atoms with Gasteiger partial charge in [0.05, 0.1) is 17.5 Å². The van der Waals surface area contributed by atoms with Crippen molar-refractivity contribution >= 4 is 23.1 Å². The molecule has 1 atom stereocenters. The van der Waals surface area contributed by atoms with E-state index in [0.717, 1.165) is 5.56 Å². The van der Waals surface area contributed by atoms with Gasteiger partial charge < -0.3 is 10.0 Å². The summed E-state index contributed by atoms with van der Waals surface area (Å²) in [7, 11) is 2.08. The molecule has 2 aromatic rings. The Balaban J connectivity index is 2.10. The first-order valence-corrected chi connectivity index (χ1v) is 6.81. The Morgan fingerprint density at radius 3 is 2.56 bits per heavy atom. The number of anilines is 2. The molecule has 0 aromatic heterocycles. The highest BCUT2D eigenvalue weighted by molar-refractivity contribution is 7.99. The normalized spacial score (nSPS) is 14.9. The van der Waals surface area contributed by atoms with E-state index in [1.165, 1.54) is 21.2 Å². The fourth-order valence-corrected chi connectivity index (χ4v) is 3.42. The first-order valence-electron chi connectivity index (χ1n) is 5.99. The Morgan fingerprint density at radius 1 is 1.06 bits per heavy atom. The van der Waals surface area contributed by atoms with Crippen molar-refractivity contribution in [3.63, 3.8) is 0 Å². The smallest absolute Gasteiger partial charge is 0.0762 e. The minimum atomic E-state index is -0.418. The number of nitrogens with zero attached hydrogens (tertiary/aromatic N) is 1. The zero-order valence-corrected chi connectivity index (χ0v) is 11.2. The lowest BCUT2D eigenvalue weighted by molar-refractivity contribution is 0.199. The SMILES string of the molecule is C[C@@H](O)c1ccc2c(c1)Sc1ccccc1N2C. The van der Waals surface area contributed by atoms with Gasteiger partial charge in [0, 0.05) is 16.8 Å². The average molecular weight is 257 g/mol. The Hall–Kier alpha value is -1.45. The molecule has 0 saturated heterocycles. The number of aliphatic hydroxyl groups excluding tert-OH is 1. The van der Waals surface area contributed by atoms with E-state index in [0.29, 0.717) is 0 Å². The molecular weight excluding hydrogens is 242 g/mol. The van der Waals surface area contributed by atoms with Gasteiger partial charge in [0.1, 0.15) is 0 Å². The molecule has 0 amide bonds. The summed E-state index contributed by atoms with van der Waals surface area (Å²) in [4.78, 5) is 4.66. The molecule has 1 heterocycles. The third kappa shape index (κ3) is 1.80. The molecule has 0 fully saturated rings. The van der Waals surface area contributed by atoms with Gasteiger partial charge in [-0.15, -0.1) is 0 Å². The zero-order valence-electron chi connectivity index (χ0n) is 10.4. The molecule has 3 heteroatoms. The van der Waals surface area contributed by atoms with E-state index < -0.39 is 6.10 Å². The summed E-state index contributed by atoms with van der Waals surface area (Å²) in [5.74, 6) is 0. The fraction of sp³-hybridized carbons (Fsp3) is 0.200. The van der Waals surface area contributed by atoms with Crippen molar-refractivity contribution in [2.45, 2.75) is 22.8 Å². The van der Waals surface area contributed by atoms with E-state index in [4.69, 9.17) is 0 Å². The van der Waals surface area contributed by atoms with E-state index in [-0.39, 0.29) is 0 Å². The molecule has 0 aliphatic carbocycles. The van der Waals surface area contributed by atoms with Crippen LogP contribution < -0.4 is 4.90 Å². The van der Waals surface area contributed by atoms with Crippen molar-refractivity contribution < 1.29 is 5.11 Å². The minimum Gasteiger partial charge on any atom is -0.389 e. The fourth-order valence-electron chi connectivity index (χ4n) is 2.22. The van der Waals surface area contributed by atoms with Crippen molar-refractivity contribution in [2.24, 2.45) is 0 Å². The summed E-state index contributed by atoms with van der Waals surface area (Å²) < 4.78 is 0. The van der Waals surface area contributed by atoms with Crippen LogP contribution in [-0.2, 0) is 0 Å². The molecule has 3 rings (SSSR count). The lowest BCUT2D eigenvalue weighted by Gasteiger charge is -2.29. The number of rotatable bonds is 1. The van der Waals surface area contributed by atoms with Crippen molar-refractivity contribution in [3.05, 3.63) is 48.0 Å². The number of benzene rings is 2. The molecule has 0 radical (unpaired) electrons. The molecule has 2 aromatic carbocycles. The number of hydrogen-bond donors (Lipinski definition) is 1. The first kappa shape index (κ1) is 11.6. The highest BCUT2D eigenvalue weighted by Crippen LogP contribution is 2.47. The molecule has 92 valence electrons. The monoisotopic (exact) mass is 257 g/mol. The van der Waals surface area contributed by atoms with Crippen molar-refractivity contribution in [1.29, 1.82) is 0 Å².